The summed E-state index contributed by atoms with van der Waals surface area (Å²) in [4.78, 5) is 10.5. The quantitative estimate of drug-likeness (QED) is 0.899. The fraction of sp³-hybridized carbons (Fsp3) is 0.286. The van der Waals surface area contributed by atoms with Gasteiger partial charge in [0.25, 0.3) is 0 Å². The maximum atomic E-state index is 5.84. The minimum absolute atomic E-state index is 0.533. The maximum Gasteiger partial charge on any atom is 0.141 e. The second kappa shape index (κ2) is 5.04. The van der Waals surface area contributed by atoms with Crippen LogP contribution in [0, 0.1) is 13.8 Å². The predicted molar refractivity (Wildman–Crippen MR) is 75.0 cm³/mol. The number of nitrogens with zero attached hydrogens (tertiary/aromatic N) is 3. The SMILES string of the molecule is CCN(c1ccc(C)cc1)c1ncnc(N)c1C. The zero-order chi connectivity index (χ0) is 13.1. The smallest absolute Gasteiger partial charge is 0.141 e. The van der Waals surface area contributed by atoms with E-state index in [9.17, 15) is 0 Å². The molecule has 2 N–H and O–H groups in total. The number of nitrogen functional groups attached to an aromatic ring is 1. The first kappa shape index (κ1) is 12.4. The molecule has 0 saturated carbocycles. The molecule has 0 bridgehead atoms. The van der Waals surface area contributed by atoms with Crippen molar-refractivity contribution in [2.45, 2.75) is 20.8 Å². The molecule has 0 unspecified atom stereocenters. The van der Waals surface area contributed by atoms with Crippen molar-refractivity contribution in [2.75, 3.05) is 17.2 Å². The number of anilines is 3. The van der Waals surface area contributed by atoms with Gasteiger partial charge >= 0.3 is 0 Å². The fourth-order valence-electron chi connectivity index (χ4n) is 1.91. The van der Waals surface area contributed by atoms with Gasteiger partial charge < -0.3 is 10.6 Å². The summed E-state index contributed by atoms with van der Waals surface area (Å²) in [5.74, 6) is 1.40. The normalized spacial score (nSPS) is 10.4. The molecule has 0 amide bonds. The molecule has 0 aliphatic heterocycles. The van der Waals surface area contributed by atoms with Gasteiger partial charge in [0.15, 0.2) is 0 Å². The Bertz CT molecular complexity index is 534. The van der Waals surface area contributed by atoms with Crippen LogP contribution < -0.4 is 10.6 Å². The number of hydrogen-bond donors (Lipinski definition) is 1. The number of aryl methyl sites for hydroxylation is 1. The van der Waals surface area contributed by atoms with Gasteiger partial charge in [-0.2, -0.15) is 0 Å². The minimum Gasteiger partial charge on any atom is -0.383 e. The molecule has 0 aliphatic rings. The summed E-state index contributed by atoms with van der Waals surface area (Å²) in [7, 11) is 0. The van der Waals surface area contributed by atoms with Crippen LogP contribution in [0.2, 0.25) is 0 Å². The molecule has 0 radical (unpaired) electrons. The summed E-state index contributed by atoms with van der Waals surface area (Å²) in [6, 6.07) is 8.38. The van der Waals surface area contributed by atoms with Gasteiger partial charge in [-0.3, -0.25) is 0 Å². The van der Waals surface area contributed by atoms with Crippen LogP contribution in [-0.4, -0.2) is 16.5 Å². The van der Waals surface area contributed by atoms with Crippen molar-refractivity contribution in [1.82, 2.24) is 9.97 Å². The lowest BCUT2D eigenvalue weighted by Crippen LogP contribution is -2.19. The molecular weight excluding hydrogens is 224 g/mol. The van der Waals surface area contributed by atoms with Crippen LogP contribution >= 0.6 is 0 Å². The topological polar surface area (TPSA) is 55.0 Å². The molecule has 0 fully saturated rings. The van der Waals surface area contributed by atoms with Gasteiger partial charge in [-0.05, 0) is 32.9 Å². The standard InChI is InChI=1S/C14H18N4/c1-4-18(12-7-5-10(2)6-8-12)14-11(3)13(15)16-9-17-14/h5-9H,4H2,1-3H3,(H2,15,16,17). The molecule has 0 atom stereocenters. The van der Waals surface area contributed by atoms with E-state index in [1.807, 2.05) is 6.92 Å². The van der Waals surface area contributed by atoms with Crippen LogP contribution in [0.5, 0.6) is 0 Å². The Morgan fingerprint density at radius 1 is 1.11 bits per heavy atom. The van der Waals surface area contributed by atoms with Crippen molar-refractivity contribution >= 4 is 17.3 Å². The highest BCUT2D eigenvalue weighted by atomic mass is 15.2. The van der Waals surface area contributed by atoms with E-state index in [0.717, 1.165) is 23.6 Å². The lowest BCUT2D eigenvalue weighted by Gasteiger charge is -2.24. The van der Waals surface area contributed by atoms with Crippen molar-refractivity contribution in [3.05, 3.63) is 41.7 Å². The molecule has 2 rings (SSSR count). The summed E-state index contributed by atoms with van der Waals surface area (Å²) in [5.41, 5.74) is 9.11. The van der Waals surface area contributed by atoms with E-state index >= 15 is 0 Å². The molecular formula is C14H18N4. The molecule has 1 aromatic carbocycles. The van der Waals surface area contributed by atoms with Crippen LogP contribution in [0.4, 0.5) is 17.3 Å². The molecule has 0 saturated heterocycles. The summed E-state index contributed by atoms with van der Waals surface area (Å²) in [6.45, 7) is 6.95. The van der Waals surface area contributed by atoms with Crippen LogP contribution in [0.1, 0.15) is 18.1 Å². The predicted octanol–water partition coefficient (Wildman–Crippen LogP) is 2.83. The van der Waals surface area contributed by atoms with Gasteiger partial charge in [0.05, 0.1) is 0 Å². The Labute approximate surface area is 107 Å². The van der Waals surface area contributed by atoms with Gasteiger partial charge in [-0.25, -0.2) is 9.97 Å². The van der Waals surface area contributed by atoms with E-state index in [2.05, 4.69) is 53.0 Å². The Hall–Kier alpha value is -2.10. The zero-order valence-electron chi connectivity index (χ0n) is 11.0. The lowest BCUT2D eigenvalue weighted by molar-refractivity contribution is 0.964. The van der Waals surface area contributed by atoms with E-state index in [1.54, 1.807) is 0 Å². The van der Waals surface area contributed by atoms with Crippen LogP contribution in [0.3, 0.4) is 0 Å². The third-order valence-electron chi connectivity index (χ3n) is 3.01. The Balaban J connectivity index is 2.45. The monoisotopic (exact) mass is 242 g/mol. The number of benzene rings is 1. The maximum absolute atomic E-state index is 5.84. The summed E-state index contributed by atoms with van der Waals surface area (Å²) in [5, 5.41) is 0. The lowest BCUT2D eigenvalue weighted by atomic mass is 10.2. The van der Waals surface area contributed by atoms with E-state index in [1.165, 1.54) is 11.9 Å². The molecule has 2 aromatic rings. The van der Waals surface area contributed by atoms with Gasteiger partial charge in [0.1, 0.15) is 18.0 Å². The van der Waals surface area contributed by atoms with E-state index < -0.39 is 0 Å². The number of hydrogen-bond acceptors (Lipinski definition) is 4. The third-order valence-corrected chi connectivity index (χ3v) is 3.01. The molecule has 18 heavy (non-hydrogen) atoms. The van der Waals surface area contributed by atoms with Gasteiger partial charge in [-0.1, -0.05) is 17.7 Å². The van der Waals surface area contributed by atoms with Crippen molar-refractivity contribution < 1.29 is 0 Å². The average molecular weight is 242 g/mol. The first-order valence-electron chi connectivity index (χ1n) is 6.04. The van der Waals surface area contributed by atoms with E-state index in [4.69, 9.17) is 5.73 Å². The van der Waals surface area contributed by atoms with Gasteiger partial charge in [0.2, 0.25) is 0 Å². The number of rotatable bonds is 3. The highest BCUT2D eigenvalue weighted by Crippen LogP contribution is 2.27. The van der Waals surface area contributed by atoms with Gasteiger partial charge in [-0.15, -0.1) is 0 Å². The van der Waals surface area contributed by atoms with Crippen LogP contribution in [0.25, 0.3) is 0 Å². The first-order valence-corrected chi connectivity index (χ1v) is 6.04. The van der Waals surface area contributed by atoms with Crippen molar-refractivity contribution in [1.29, 1.82) is 0 Å². The highest BCUT2D eigenvalue weighted by molar-refractivity contribution is 5.66. The third kappa shape index (κ3) is 2.27. The molecule has 4 heteroatoms. The van der Waals surface area contributed by atoms with Crippen molar-refractivity contribution in [3.8, 4) is 0 Å². The summed E-state index contributed by atoms with van der Waals surface area (Å²) >= 11 is 0. The Kier molecular flexibility index (Phi) is 3.46. The van der Waals surface area contributed by atoms with Gasteiger partial charge in [0, 0.05) is 17.8 Å². The van der Waals surface area contributed by atoms with E-state index in [0.29, 0.717) is 5.82 Å². The van der Waals surface area contributed by atoms with Crippen LogP contribution in [0.15, 0.2) is 30.6 Å². The molecule has 4 nitrogen and oxygen atoms in total. The molecule has 94 valence electrons. The first-order chi connectivity index (χ1) is 8.63. The summed E-state index contributed by atoms with van der Waals surface area (Å²) < 4.78 is 0. The highest BCUT2D eigenvalue weighted by Gasteiger charge is 2.13. The zero-order valence-corrected chi connectivity index (χ0v) is 11.0. The average Bonchev–Trinajstić information content (AvgIpc) is 2.37. The van der Waals surface area contributed by atoms with E-state index in [-0.39, 0.29) is 0 Å². The minimum atomic E-state index is 0.533. The largest absolute Gasteiger partial charge is 0.383 e. The van der Waals surface area contributed by atoms with Crippen molar-refractivity contribution in [3.63, 3.8) is 0 Å². The molecule has 0 aliphatic carbocycles. The molecule has 1 aromatic heterocycles. The van der Waals surface area contributed by atoms with Crippen molar-refractivity contribution in [2.24, 2.45) is 0 Å². The number of nitrogens with two attached hydrogens (primary N) is 1. The molecule has 0 spiro atoms. The van der Waals surface area contributed by atoms with Crippen LogP contribution in [-0.2, 0) is 0 Å². The second-order valence-corrected chi connectivity index (χ2v) is 4.29. The fourth-order valence-corrected chi connectivity index (χ4v) is 1.91. The second-order valence-electron chi connectivity index (χ2n) is 4.29. The molecule has 1 heterocycles. The number of aromatic nitrogens is 2. The Morgan fingerprint density at radius 2 is 1.78 bits per heavy atom. The Morgan fingerprint density at radius 3 is 2.39 bits per heavy atom. The summed E-state index contributed by atoms with van der Waals surface area (Å²) in [6.07, 6.45) is 1.51.